The van der Waals surface area contributed by atoms with Crippen molar-refractivity contribution in [2.45, 2.75) is 39.3 Å². The van der Waals surface area contributed by atoms with E-state index in [1.165, 1.54) is 33.9 Å². The fraction of sp³-hybridized carbons (Fsp3) is 0.500. The fourth-order valence-electron chi connectivity index (χ4n) is 2.84. The van der Waals surface area contributed by atoms with Crippen LogP contribution in [0, 0.1) is 12.8 Å². The number of hydrogen-bond donors (Lipinski definition) is 1. The molecule has 0 amide bonds. The topological polar surface area (TPSA) is 17.0 Å². The van der Waals surface area contributed by atoms with Crippen LogP contribution in [-0.2, 0) is 6.54 Å². The molecular weight excluding hydrogens is 300 g/mol. The first kappa shape index (κ1) is 13.2. The van der Waals surface area contributed by atoms with Crippen LogP contribution in [0.1, 0.15) is 25.5 Å². The van der Waals surface area contributed by atoms with Crippen molar-refractivity contribution >= 4 is 26.8 Å². The summed E-state index contributed by atoms with van der Waals surface area (Å²) in [5, 5.41) is 4.97. The highest BCUT2D eigenvalue weighted by atomic mass is 79.9. The molecular formula is C16H21BrN2. The van der Waals surface area contributed by atoms with E-state index in [1.807, 2.05) is 0 Å². The molecule has 0 saturated heterocycles. The van der Waals surface area contributed by atoms with Gasteiger partial charge in [-0.3, -0.25) is 0 Å². The molecule has 1 atom stereocenters. The first-order chi connectivity index (χ1) is 9.18. The summed E-state index contributed by atoms with van der Waals surface area (Å²) in [6, 6.07) is 9.28. The van der Waals surface area contributed by atoms with E-state index in [0.717, 1.165) is 19.0 Å². The molecule has 0 bridgehead atoms. The minimum atomic E-state index is 0.672. The van der Waals surface area contributed by atoms with Crippen molar-refractivity contribution in [3.8, 4) is 0 Å². The van der Waals surface area contributed by atoms with Crippen LogP contribution in [0.5, 0.6) is 0 Å². The van der Waals surface area contributed by atoms with E-state index in [-0.39, 0.29) is 0 Å². The maximum Gasteiger partial charge on any atom is 0.0494 e. The van der Waals surface area contributed by atoms with E-state index in [1.54, 1.807) is 0 Å². The second-order valence-electron chi connectivity index (χ2n) is 5.65. The molecule has 1 unspecified atom stereocenters. The standard InChI is InChI=1S/C16H21BrN2/c1-11(13-7-8-13)18-9-10-19-12(2)16(17)14-5-3-4-6-15(14)19/h3-6,11,13,18H,7-10H2,1-2H3. The number of benzene rings is 1. The molecule has 1 aliphatic rings. The van der Waals surface area contributed by atoms with Gasteiger partial charge in [-0.25, -0.2) is 0 Å². The summed E-state index contributed by atoms with van der Waals surface area (Å²) in [6.45, 7) is 6.58. The minimum absolute atomic E-state index is 0.672. The molecule has 1 fully saturated rings. The molecule has 1 saturated carbocycles. The molecule has 1 aromatic heterocycles. The van der Waals surface area contributed by atoms with Crippen LogP contribution in [0.4, 0.5) is 0 Å². The lowest BCUT2D eigenvalue weighted by Gasteiger charge is -2.14. The lowest BCUT2D eigenvalue weighted by molar-refractivity contribution is 0.476. The van der Waals surface area contributed by atoms with Crippen molar-refractivity contribution in [3.63, 3.8) is 0 Å². The molecule has 1 aliphatic carbocycles. The number of rotatable bonds is 5. The third-order valence-corrected chi connectivity index (χ3v) is 5.29. The van der Waals surface area contributed by atoms with Gasteiger partial charge in [-0.1, -0.05) is 18.2 Å². The molecule has 2 nitrogen and oxygen atoms in total. The number of hydrogen-bond acceptors (Lipinski definition) is 1. The van der Waals surface area contributed by atoms with E-state index < -0.39 is 0 Å². The van der Waals surface area contributed by atoms with Crippen LogP contribution in [0.15, 0.2) is 28.7 Å². The molecule has 3 heteroatoms. The van der Waals surface area contributed by atoms with Gasteiger partial charge in [0.1, 0.15) is 0 Å². The number of para-hydroxylation sites is 1. The number of nitrogens with zero attached hydrogens (tertiary/aromatic N) is 1. The third-order valence-electron chi connectivity index (χ3n) is 4.28. The summed E-state index contributed by atoms with van der Waals surface area (Å²) in [4.78, 5) is 0. The number of aromatic nitrogens is 1. The molecule has 102 valence electrons. The van der Waals surface area contributed by atoms with Crippen LogP contribution in [0.25, 0.3) is 10.9 Å². The molecule has 2 aromatic rings. The van der Waals surface area contributed by atoms with Crippen molar-refractivity contribution in [2.24, 2.45) is 5.92 Å². The predicted molar refractivity (Wildman–Crippen MR) is 84.6 cm³/mol. The third kappa shape index (κ3) is 2.59. The zero-order valence-corrected chi connectivity index (χ0v) is 13.2. The van der Waals surface area contributed by atoms with Gasteiger partial charge in [0.05, 0.1) is 0 Å². The van der Waals surface area contributed by atoms with Crippen molar-refractivity contribution in [3.05, 3.63) is 34.4 Å². The Morgan fingerprint density at radius 3 is 2.84 bits per heavy atom. The first-order valence-corrected chi connectivity index (χ1v) is 7.94. The van der Waals surface area contributed by atoms with Gasteiger partial charge in [0.15, 0.2) is 0 Å². The molecule has 19 heavy (non-hydrogen) atoms. The molecule has 1 heterocycles. The van der Waals surface area contributed by atoms with Crippen molar-refractivity contribution < 1.29 is 0 Å². The van der Waals surface area contributed by atoms with Gasteiger partial charge >= 0.3 is 0 Å². The van der Waals surface area contributed by atoms with E-state index in [0.29, 0.717) is 6.04 Å². The van der Waals surface area contributed by atoms with E-state index in [2.05, 4.69) is 63.9 Å². The Balaban J connectivity index is 1.74. The molecule has 1 N–H and O–H groups in total. The summed E-state index contributed by atoms with van der Waals surface area (Å²) in [7, 11) is 0. The molecule has 1 aromatic carbocycles. The van der Waals surface area contributed by atoms with Gasteiger partial charge in [-0.05, 0) is 54.6 Å². The zero-order chi connectivity index (χ0) is 13.4. The maximum atomic E-state index is 3.71. The first-order valence-electron chi connectivity index (χ1n) is 7.15. The minimum Gasteiger partial charge on any atom is -0.342 e. The largest absolute Gasteiger partial charge is 0.342 e. The van der Waals surface area contributed by atoms with Crippen molar-refractivity contribution in [1.82, 2.24) is 9.88 Å². The van der Waals surface area contributed by atoms with Gasteiger partial charge < -0.3 is 9.88 Å². The molecule has 3 rings (SSSR count). The zero-order valence-electron chi connectivity index (χ0n) is 11.6. The number of fused-ring (bicyclic) bond motifs is 1. The van der Waals surface area contributed by atoms with E-state index >= 15 is 0 Å². The Labute approximate surface area is 123 Å². The quantitative estimate of drug-likeness (QED) is 0.877. The van der Waals surface area contributed by atoms with Gasteiger partial charge in [0.2, 0.25) is 0 Å². The monoisotopic (exact) mass is 320 g/mol. The van der Waals surface area contributed by atoms with Crippen molar-refractivity contribution in [2.75, 3.05) is 6.54 Å². The smallest absolute Gasteiger partial charge is 0.0494 e. The lowest BCUT2D eigenvalue weighted by Crippen LogP contribution is -2.31. The molecule has 0 spiro atoms. The van der Waals surface area contributed by atoms with E-state index in [4.69, 9.17) is 0 Å². The normalized spacial score (nSPS) is 17.0. The number of halogens is 1. The maximum absolute atomic E-state index is 3.71. The molecule has 0 radical (unpaired) electrons. The van der Waals surface area contributed by atoms with Gasteiger partial charge in [0.25, 0.3) is 0 Å². The summed E-state index contributed by atoms with van der Waals surface area (Å²) >= 11 is 3.71. The SMILES string of the molecule is Cc1c(Br)c2ccccc2n1CCNC(C)C1CC1. The highest BCUT2D eigenvalue weighted by molar-refractivity contribution is 9.10. The summed E-state index contributed by atoms with van der Waals surface area (Å²) in [5.41, 5.74) is 2.65. The van der Waals surface area contributed by atoms with Crippen LogP contribution in [0.2, 0.25) is 0 Å². The van der Waals surface area contributed by atoms with Crippen molar-refractivity contribution in [1.29, 1.82) is 0 Å². The average Bonchev–Trinajstić information content (AvgIpc) is 3.23. The summed E-state index contributed by atoms with van der Waals surface area (Å²) in [5.74, 6) is 0.925. The van der Waals surface area contributed by atoms with E-state index in [9.17, 15) is 0 Å². The summed E-state index contributed by atoms with van der Waals surface area (Å²) in [6.07, 6.45) is 2.82. The Morgan fingerprint density at radius 1 is 1.37 bits per heavy atom. The Kier molecular flexibility index (Phi) is 3.68. The number of nitrogens with one attached hydrogen (secondary N) is 1. The summed E-state index contributed by atoms with van der Waals surface area (Å²) < 4.78 is 3.64. The lowest BCUT2D eigenvalue weighted by atomic mass is 10.2. The van der Waals surface area contributed by atoms with Crippen LogP contribution >= 0.6 is 15.9 Å². The Morgan fingerprint density at radius 2 is 2.11 bits per heavy atom. The average molecular weight is 321 g/mol. The van der Waals surface area contributed by atoms with Crippen LogP contribution in [0.3, 0.4) is 0 Å². The highest BCUT2D eigenvalue weighted by Gasteiger charge is 2.27. The Hall–Kier alpha value is -0.800. The Bertz CT molecular complexity index is 584. The second kappa shape index (κ2) is 5.29. The van der Waals surface area contributed by atoms with Gasteiger partial charge in [0, 0.05) is 40.2 Å². The fourth-order valence-corrected chi connectivity index (χ4v) is 3.39. The second-order valence-corrected chi connectivity index (χ2v) is 6.44. The van der Waals surface area contributed by atoms with Gasteiger partial charge in [-0.2, -0.15) is 0 Å². The predicted octanol–water partition coefficient (Wildman–Crippen LogP) is 4.10. The van der Waals surface area contributed by atoms with Gasteiger partial charge in [-0.15, -0.1) is 0 Å². The highest BCUT2D eigenvalue weighted by Crippen LogP contribution is 2.32. The van der Waals surface area contributed by atoms with Crippen LogP contribution in [-0.4, -0.2) is 17.2 Å². The van der Waals surface area contributed by atoms with Crippen LogP contribution < -0.4 is 5.32 Å². The molecule has 0 aliphatic heterocycles.